The van der Waals surface area contributed by atoms with Crippen molar-refractivity contribution in [3.8, 4) is 5.75 Å². The predicted molar refractivity (Wildman–Crippen MR) is 101 cm³/mol. The lowest BCUT2D eigenvalue weighted by atomic mass is 10.00. The van der Waals surface area contributed by atoms with E-state index in [9.17, 15) is 4.79 Å². The number of ether oxygens (including phenoxy) is 1. The van der Waals surface area contributed by atoms with Crippen molar-refractivity contribution in [2.75, 3.05) is 19.6 Å². The Morgan fingerprint density at radius 2 is 2.24 bits per heavy atom. The molecule has 0 saturated carbocycles. The molecular formula is C18H22ClN3O2S. The van der Waals surface area contributed by atoms with Gasteiger partial charge in [0.1, 0.15) is 22.2 Å². The molecule has 1 amide bonds. The third-order valence-electron chi connectivity index (χ3n) is 4.17. The van der Waals surface area contributed by atoms with Gasteiger partial charge in [-0.1, -0.05) is 11.6 Å². The molecular weight excluding hydrogens is 358 g/mol. The number of hydrogen-bond acceptors (Lipinski definition) is 5. The summed E-state index contributed by atoms with van der Waals surface area (Å²) >= 11 is 7.25. The van der Waals surface area contributed by atoms with Gasteiger partial charge in [-0.05, 0) is 63.0 Å². The molecule has 2 N–H and O–H groups in total. The number of amides is 1. The molecule has 0 aliphatic carbocycles. The minimum atomic E-state index is -0.0432. The molecule has 3 rings (SSSR count). The van der Waals surface area contributed by atoms with E-state index in [0.717, 1.165) is 36.0 Å². The molecule has 0 bridgehead atoms. The summed E-state index contributed by atoms with van der Waals surface area (Å²) in [4.78, 5) is 17.5. The first-order valence-electron chi connectivity index (χ1n) is 8.45. The Hall–Kier alpha value is -1.63. The van der Waals surface area contributed by atoms with E-state index in [0.29, 0.717) is 29.0 Å². The standard InChI is InChI=1S/C18H22ClN3O2S/c1-12-17(18(23)21-10-13-3-2-8-20-9-13)25-16(22-12)11-24-15-6-4-14(19)5-7-15/h4-7,13,20H,2-3,8-11H2,1H3,(H,21,23). The molecule has 1 atom stereocenters. The van der Waals surface area contributed by atoms with Gasteiger partial charge in [0.15, 0.2) is 0 Å². The molecule has 5 nitrogen and oxygen atoms in total. The van der Waals surface area contributed by atoms with Gasteiger partial charge in [-0.25, -0.2) is 4.98 Å². The number of nitrogens with zero attached hydrogens (tertiary/aromatic N) is 1. The summed E-state index contributed by atoms with van der Waals surface area (Å²) in [5.74, 6) is 1.20. The third-order valence-corrected chi connectivity index (χ3v) is 5.55. The summed E-state index contributed by atoms with van der Waals surface area (Å²) in [6, 6.07) is 7.19. The van der Waals surface area contributed by atoms with Crippen LogP contribution in [0.1, 0.15) is 33.2 Å². The molecule has 134 valence electrons. The zero-order valence-electron chi connectivity index (χ0n) is 14.2. The molecule has 0 spiro atoms. The number of aryl methyl sites for hydroxylation is 1. The van der Waals surface area contributed by atoms with E-state index in [-0.39, 0.29) is 5.91 Å². The average molecular weight is 380 g/mol. The molecule has 1 unspecified atom stereocenters. The number of carbonyl (C=O) groups is 1. The van der Waals surface area contributed by atoms with E-state index in [2.05, 4.69) is 15.6 Å². The maximum absolute atomic E-state index is 12.4. The minimum absolute atomic E-state index is 0.0432. The Morgan fingerprint density at radius 3 is 2.96 bits per heavy atom. The SMILES string of the molecule is Cc1nc(COc2ccc(Cl)cc2)sc1C(=O)NCC1CCCNC1. The molecule has 1 saturated heterocycles. The van der Waals surface area contributed by atoms with Gasteiger partial charge in [0.25, 0.3) is 5.91 Å². The van der Waals surface area contributed by atoms with Crippen LogP contribution in [0.3, 0.4) is 0 Å². The van der Waals surface area contributed by atoms with Gasteiger partial charge in [0.05, 0.1) is 5.69 Å². The Balaban J connectivity index is 1.53. The normalized spacial score (nSPS) is 17.3. The maximum Gasteiger partial charge on any atom is 0.263 e. The first-order chi connectivity index (χ1) is 12.1. The first kappa shape index (κ1) is 18.2. The maximum atomic E-state index is 12.4. The van der Waals surface area contributed by atoms with Gasteiger partial charge >= 0.3 is 0 Å². The number of piperidine rings is 1. The van der Waals surface area contributed by atoms with Crippen molar-refractivity contribution >= 4 is 28.8 Å². The number of carbonyl (C=O) groups excluding carboxylic acids is 1. The molecule has 2 heterocycles. The number of nitrogens with one attached hydrogen (secondary N) is 2. The summed E-state index contributed by atoms with van der Waals surface area (Å²) in [5, 5.41) is 7.86. The number of thiazole rings is 1. The van der Waals surface area contributed by atoms with Crippen LogP contribution in [0.25, 0.3) is 0 Å². The Labute approximate surface area is 156 Å². The van der Waals surface area contributed by atoms with Crippen molar-refractivity contribution in [2.24, 2.45) is 5.92 Å². The number of hydrogen-bond donors (Lipinski definition) is 2. The summed E-state index contributed by atoms with van der Waals surface area (Å²) in [7, 11) is 0. The van der Waals surface area contributed by atoms with Crippen molar-refractivity contribution in [3.05, 3.63) is 44.9 Å². The molecule has 1 aromatic carbocycles. The highest BCUT2D eigenvalue weighted by atomic mass is 35.5. The van der Waals surface area contributed by atoms with Crippen LogP contribution in [0.5, 0.6) is 5.75 Å². The highest BCUT2D eigenvalue weighted by Gasteiger charge is 2.18. The molecule has 25 heavy (non-hydrogen) atoms. The zero-order chi connectivity index (χ0) is 17.6. The van der Waals surface area contributed by atoms with E-state index < -0.39 is 0 Å². The van der Waals surface area contributed by atoms with Crippen LogP contribution >= 0.6 is 22.9 Å². The highest BCUT2D eigenvalue weighted by Crippen LogP contribution is 2.21. The zero-order valence-corrected chi connectivity index (χ0v) is 15.8. The van der Waals surface area contributed by atoms with Crippen LogP contribution in [-0.4, -0.2) is 30.5 Å². The van der Waals surface area contributed by atoms with Gasteiger partial charge in [0, 0.05) is 11.6 Å². The molecule has 7 heteroatoms. The molecule has 1 fully saturated rings. The fourth-order valence-corrected chi connectivity index (χ4v) is 3.84. The van der Waals surface area contributed by atoms with Crippen LogP contribution in [0.2, 0.25) is 5.02 Å². The van der Waals surface area contributed by atoms with E-state index in [1.54, 1.807) is 12.1 Å². The fraction of sp³-hybridized carbons (Fsp3) is 0.444. The monoisotopic (exact) mass is 379 g/mol. The summed E-state index contributed by atoms with van der Waals surface area (Å²) in [6.07, 6.45) is 2.33. The lowest BCUT2D eigenvalue weighted by Gasteiger charge is -2.22. The summed E-state index contributed by atoms with van der Waals surface area (Å²) in [5.41, 5.74) is 0.749. The number of aromatic nitrogens is 1. The number of halogens is 1. The predicted octanol–water partition coefficient (Wildman–Crippen LogP) is 3.41. The van der Waals surface area contributed by atoms with Crippen molar-refractivity contribution in [1.29, 1.82) is 0 Å². The minimum Gasteiger partial charge on any atom is -0.486 e. The van der Waals surface area contributed by atoms with Crippen LogP contribution < -0.4 is 15.4 Å². The number of benzene rings is 1. The Morgan fingerprint density at radius 1 is 1.44 bits per heavy atom. The summed E-state index contributed by atoms with van der Waals surface area (Å²) in [6.45, 7) is 4.96. The van der Waals surface area contributed by atoms with Crippen molar-refractivity contribution in [1.82, 2.24) is 15.6 Å². The first-order valence-corrected chi connectivity index (χ1v) is 9.65. The molecule has 1 aliphatic rings. The summed E-state index contributed by atoms with van der Waals surface area (Å²) < 4.78 is 5.70. The van der Waals surface area contributed by atoms with Crippen LogP contribution in [0.15, 0.2) is 24.3 Å². The van der Waals surface area contributed by atoms with Gasteiger partial charge < -0.3 is 15.4 Å². The lowest BCUT2D eigenvalue weighted by molar-refractivity contribution is 0.0948. The largest absolute Gasteiger partial charge is 0.486 e. The van der Waals surface area contributed by atoms with Gasteiger partial charge in [-0.2, -0.15) is 0 Å². The second-order valence-corrected chi connectivity index (χ2v) is 7.71. The van der Waals surface area contributed by atoms with Gasteiger partial charge in [-0.15, -0.1) is 11.3 Å². The quantitative estimate of drug-likeness (QED) is 0.807. The van der Waals surface area contributed by atoms with Gasteiger partial charge in [0.2, 0.25) is 0 Å². The molecule has 2 aromatic rings. The third kappa shape index (κ3) is 5.17. The lowest BCUT2D eigenvalue weighted by Crippen LogP contribution is -2.38. The van der Waals surface area contributed by atoms with Crippen molar-refractivity contribution in [3.63, 3.8) is 0 Å². The average Bonchev–Trinajstić information content (AvgIpc) is 3.01. The van der Waals surface area contributed by atoms with E-state index in [1.165, 1.54) is 17.8 Å². The van der Waals surface area contributed by atoms with Crippen LogP contribution in [0, 0.1) is 12.8 Å². The van der Waals surface area contributed by atoms with Crippen LogP contribution in [0.4, 0.5) is 0 Å². The molecule has 1 aromatic heterocycles. The Bertz CT molecular complexity index is 712. The van der Waals surface area contributed by atoms with E-state index in [4.69, 9.17) is 16.3 Å². The highest BCUT2D eigenvalue weighted by molar-refractivity contribution is 7.13. The van der Waals surface area contributed by atoms with E-state index >= 15 is 0 Å². The fourth-order valence-electron chi connectivity index (χ4n) is 2.82. The molecule has 0 radical (unpaired) electrons. The number of rotatable bonds is 6. The van der Waals surface area contributed by atoms with Gasteiger partial charge in [-0.3, -0.25) is 4.79 Å². The second-order valence-electron chi connectivity index (χ2n) is 6.19. The van der Waals surface area contributed by atoms with Crippen LogP contribution in [-0.2, 0) is 6.61 Å². The molecule has 1 aliphatic heterocycles. The van der Waals surface area contributed by atoms with Crippen molar-refractivity contribution < 1.29 is 9.53 Å². The van der Waals surface area contributed by atoms with Crippen molar-refractivity contribution in [2.45, 2.75) is 26.4 Å². The Kier molecular flexibility index (Phi) is 6.29. The smallest absolute Gasteiger partial charge is 0.263 e. The topological polar surface area (TPSA) is 63.2 Å². The van der Waals surface area contributed by atoms with E-state index in [1.807, 2.05) is 19.1 Å². The second kappa shape index (κ2) is 8.65.